The molecule has 100 valence electrons. The predicted molar refractivity (Wildman–Crippen MR) is 68.1 cm³/mol. The molecular formula is C14H20FNO2. The molecule has 1 aromatic rings. The summed E-state index contributed by atoms with van der Waals surface area (Å²) in [5.74, 6) is -0.0252. The first kappa shape index (κ1) is 13.3. The Labute approximate surface area is 107 Å². The Morgan fingerprint density at radius 3 is 2.78 bits per heavy atom. The van der Waals surface area contributed by atoms with Crippen LogP contribution < -0.4 is 4.74 Å². The fourth-order valence-corrected chi connectivity index (χ4v) is 2.60. The molecule has 1 aliphatic rings. The smallest absolute Gasteiger partial charge is 0.169 e. The molecule has 1 N–H and O–H groups in total. The lowest BCUT2D eigenvalue weighted by molar-refractivity contribution is -0.107. The van der Waals surface area contributed by atoms with Gasteiger partial charge >= 0.3 is 0 Å². The molecule has 18 heavy (non-hydrogen) atoms. The first-order chi connectivity index (χ1) is 8.58. The minimum Gasteiger partial charge on any atom is -0.494 e. The maximum atomic E-state index is 13.9. The minimum absolute atomic E-state index is 0.275. The number of hydrogen-bond acceptors (Lipinski definition) is 3. The van der Waals surface area contributed by atoms with Gasteiger partial charge in [0.15, 0.2) is 11.6 Å². The van der Waals surface area contributed by atoms with E-state index in [-0.39, 0.29) is 11.6 Å². The summed E-state index contributed by atoms with van der Waals surface area (Å²) in [5, 5.41) is 10.1. The van der Waals surface area contributed by atoms with E-state index in [4.69, 9.17) is 4.74 Å². The number of aliphatic hydroxyl groups is 1. The van der Waals surface area contributed by atoms with Gasteiger partial charge in [0.25, 0.3) is 0 Å². The summed E-state index contributed by atoms with van der Waals surface area (Å²) in [5.41, 5.74) is 0.0530. The molecule has 1 heterocycles. The number of likely N-dealkylation sites (tertiary alicyclic amines) is 1. The van der Waals surface area contributed by atoms with Crippen molar-refractivity contribution in [1.29, 1.82) is 0 Å². The molecule has 0 saturated carbocycles. The number of methoxy groups -OCH3 is 1. The highest BCUT2D eigenvalue weighted by Crippen LogP contribution is 2.29. The van der Waals surface area contributed by atoms with Gasteiger partial charge in [-0.15, -0.1) is 0 Å². The van der Waals surface area contributed by atoms with Crippen LogP contribution in [0.3, 0.4) is 0 Å². The molecule has 0 radical (unpaired) electrons. The number of nitrogens with zero attached hydrogens (tertiary/aromatic N) is 1. The minimum atomic E-state index is -0.565. The van der Waals surface area contributed by atoms with Crippen LogP contribution in [-0.4, -0.2) is 35.8 Å². The zero-order valence-corrected chi connectivity index (χ0v) is 10.9. The Kier molecular flexibility index (Phi) is 3.88. The van der Waals surface area contributed by atoms with Crippen LogP contribution in [0.5, 0.6) is 5.75 Å². The number of ether oxygens (including phenoxy) is 1. The zero-order chi connectivity index (χ0) is 13.2. The third kappa shape index (κ3) is 2.65. The lowest BCUT2D eigenvalue weighted by Crippen LogP contribution is -2.61. The molecule has 0 spiro atoms. The first-order valence-electron chi connectivity index (χ1n) is 6.34. The zero-order valence-electron chi connectivity index (χ0n) is 10.9. The fraction of sp³-hybridized carbons (Fsp3) is 0.571. The average molecular weight is 253 g/mol. The summed E-state index contributed by atoms with van der Waals surface area (Å²) in [6, 6.07) is 5.16. The van der Waals surface area contributed by atoms with Crippen LogP contribution in [-0.2, 0) is 6.54 Å². The van der Waals surface area contributed by atoms with Gasteiger partial charge in [0.2, 0.25) is 0 Å². The average Bonchev–Trinajstić information content (AvgIpc) is 2.30. The van der Waals surface area contributed by atoms with Crippen LogP contribution in [0.4, 0.5) is 4.39 Å². The van der Waals surface area contributed by atoms with E-state index in [0.717, 1.165) is 12.8 Å². The molecule has 0 aliphatic carbocycles. The highest BCUT2D eigenvalue weighted by molar-refractivity contribution is 5.31. The van der Waals surface area contributed by atoms with Crippen molar-refractivity contribution in [2.24, 2.45) is 0 Å². The SMILES string of the molecule is CCCC1(O)CN(Cc2cccc(OC)c2F)C1. The summed E-state index contributed by atoms with van der Waals surface area (Å²) in [4.78, 5) is 2.05. The van der Waals surface area contributed by atoms with Crippen molar-refractivity contribution in [2.45, 2.75) is 31.9 Å². The van der Waals surface area contributed by atoms with Crippen molar-refractivity contribution in [3.8, 4) is 5.75 Å². The maximum Gasteiger partial charge on any atom is 0.169 e. The van der Waals surface area contributed by atoms with Crippen molar-refractivity contribution in [3.63, 3.8) is 0 Å². The van der Waals surface area contributed by atoms with Gasteiger partial charge in [-0.1, -0.05) is 25.5 Å². The predicted octanol–water partition coefficient (Wildman–Crippen LogP) is 2.18. The Morgan fingerprint density at radius 1 is 1.44 bits per heavy atom. The second-order valence-electron chi connectivity index (χ2n) is 5.05. The summed E-state index contributed by atoms with van der Waals surface area (Å²) in [7, 11) is 1.46. The van der Waals surface area contributed by atoms with E-state index in [1.165, 1.54) is 7.11 Å². The number of hydrogen-bond donors (Lipinski definition) is 1. The molecule has 0 unspecified atom stereocenters. The Balaban J connectivity index is 1.96. The molecule has 4 heteroatoms. The van der Waals surface area contributed by atoms with Gasteiger partial charge in [0.1, 0.15) is 0 Å². The standard InChI is InChI=1S/C14H20FNO2/c1-3-7-14(17)9-16(10-14)8-11-5-4-6-12(18-2)13(11)15/h4-6,17H,3,7-10H2,1-2H3. The fourth-order valence-electron chi connectivity index (χ4n) is 2.60. The van der Waals surface area contributed by atoms with Crippen LogP contribution in [0.25, 0.3) is 0 Å². The van der Waals surface area contributed by atoms with Gasteiger partial charge in [0.05, 0.1) is 12.7 Å². The molecule has 3 nitrogen and oxygen atoms in total. The van der Waals surface area contributed by atoms with E-state index in [1.807, 2.05) is 4.90 Å². The van der Waals surface area contributed by atoms with Gasteiger partial charge in [-0.05, 0) is 12.5 Å². The van der Waals surface area contributed by atoms with Crippen molar-refractivity contribution in [1.82, 2.24) is 4.90 Å². The Bertz CT molecular complexity index is 416. The van der Waals surface area contributed by atoms with Gasteiger partial charge in [-0.3, -0.25) is 4.90 Å². The third-order valence-electron chi connectivity index (χ3n) is 3.41. The summed E-state index contributed by atoms with van der Waals surface area (Å²) in [6.45, 7) is 3.83. The molecule has 2 rings (SSSR count). The molecule has 1 fully saturated rings. The van der Waals surface area contributed by atoms with Gasteiger partial charge in [-0.2, -0.15) is 0 Å². The van der Waals surface area contributed by atoms with Crippen LogP contribution in [0, 0.1) is 5.82 Å². The van der Waals surface area contributed by atoms with Crippen molar-refractivity contribution in [3.05, 3.63) is 29.6 Å². The van der Waals surface area contributed by atoms with E-state index in [0.29, 0.717) is 25.2 Å². The van der Waals surface area contributed by atoms with E-state index in [9.17, 15) is 9.50 Å². The van der Waals surface area contributed by atoms with E-state index >= 15 is 0 Å². The molecule has 1 aromatic carbocycles. The molecule has 1 aliphatic heterocycles. The van der Waals surface area contributed by atoms with Gasteiger partial charge in [-0.25, -0.2) is 4.39 Å². The lowest BCUT2D eigenvalue weighted by atomic mass is 9.89. The van der Waals surface area contributed by atoms with E-state index in [1.54, 1.807) is 18.2 Å². The number of halogens is 1. The van der Waals surface area contributed by atoms with Crippen LogP contribution in [0.2, 0.25) is 0 Å². The molecule has 0 bridgehead atoms. The largest absolute Gasteiger partial charge is 0.494 e. The number of rotatable bonds is 5. The van der Waals surface area contributed by atoms with Crippen molar-refractivity contribution >= 4 is 0 Å². The quantitative estimate of drug-likeness (QED) is 0.873. The number of β-amino-alcohol motifs (C(OH)–C–C–N with tert-alkyl or cyclic N) is 1. The highest BCUT2D eigenvalue weighted by Gasteiger charge is 2.40. The van der Waals surface area contributed by atoms with Crippen LogP contribution >= 0.6 is 0 Å². The normalized spacial score (nSPS) is 18.4. The molecular weight excluding hydrogens is 233 g/mol. The topological polar surface area (TPSA) is 32.7 Å². The van der Waals surface area contributed by atoms with Gasteiger partial charge in [0, 0.05) is 25.2 Å². The summed E-state index contributed by atoms with van der Waals surface area (Å²) in [6.07, 6.45) is 1.78. The molecule has 0 amide bonds. The number of benzene rings is 1. The summed E-state index contributed by atoms with van der Waals surface area (Å²) < 4.78 is 18.9. The lowest BCUT2D eigenvalue weighted by Gasteiger charge is -2.46. The van der Waals surface area contributed by atoms with Crippen molar-refractivity contribution in [2.75, 3.05) is 20.2 Å². The van der Waals surface area contributed by atoms with E-state index in [2.05, 4.69) is 6.92 Å². The Hall–Kier alpha value is -1.13. The monoisotopic (exact) mass is 253 g/mol. The highest BCUT2D eigenvalue weighted by atomic mass is 19.1. The molecule has 0 aromatic heterocycles. The molecule has 0 atom stereocenters. The second kappa shape index (κ2) is 5.24. The Morgan fingerprint density at radius 2 is 2.17 bits per heavy atom. The maximum absolute atomic E-state index is 13.9. The van der Waals surface area contributed by atoms with Gasteiger partial charge < -0.3 is 9.84 Å². The van der Waals surface area contributed by atoms with E-state index < -0.39 is 5.60 Å². The van der Waals surface area contributed by atoms with Crippen molar-refractivity contribution < 1.29 is 14.2 Å². The second-order valence-corrected chi connectivity index (χ2v) is 5.05. The molecule has 1 saturated heterocycles. The van der Waals surface area contributed by atoms with Crippen LogP contribution in [0.15, 0.2) is 18.2 Å². The van der Waals surface area contributed by atoms with Crippen LogP contribution in [0.1, 0.15) is 25.3 Å². The summed E-state index contributed by atoms with van der Waals surface area (Å²) >= 11 is 0. The third-order valence-corrected chi connectivity index (χ3v) is 3.41. The first-order valence-corrected chi connectivity index (χ1v) is 6.34.